The lowest BCUT2D eigenvalue weighted by Gasteiger charge is -2.27. The molecule has 0 N–H and O–H groups in total. The van der Waals surface area contributed by atoms with Crippen LogP contribution in [0.1, 0.15) is 32.4 Å². The van der Waals surface area contributed by atoms with Crippen LogP contribution in [0.3, 0.4) is 0 Å². The van der Waals surface area contributed by atoms with Gasteiger partial charge < -0.3 is 14.2 Å². The van der Waals surface area contributed by atoms with Gasteiger partial charge >= 0.3 is 5.97 Å². The monoisotopic (exact) mass is 330 g/mol. The van der Waals surface area contributed by atoms with Gasteiger partial charge in [-0.25, -0.2) is 4.79 Å². The number of hydrogen-bond donors (Lipinski definition) is 0. The summed E-state index contributed by atoms with van der Waals surface area (Å²) in [6.45, 7) is 5.66. The van der Waals surface area contributed by atoms with E-state index in [1.807, 2.05) is 20.8 Å². The standard InChI is InChI=1S/C14H19BrO4/c1-14(2,3)19-12(13(16)18-5)9-7-6-8-10(17-4)11(9)15/h6-8,12H,1-5H3. The van der Waals surface area contributed by atoms with E-state index < -0.39 is 17.7 Å². The summed E-state index contributed by atoms with van der Waals surface area (Å²) < 4.78 is 16.5. The number of esters is 1. The lowest BCUT2D eigenvalue weighted by molar-refractivity contribution is -0.164. The molecule has 1 aromatic carbocycles. The number of carbonyl (C=O) groups is 1. The van der Waals surface area contributed by atoms with Crippen molar-refractivity contribution in [3.05, 3.63) is 28.2 Å². The second kappa shape index (κ2) is 6.39. The third-order valence-electron chi connectivity index (χ3n) is 2.38. The Morgan fingerprint density at radius 3 is 2.37 bits per heavy atom. The van der Waals surface area contributed by atoms with E-state index >= 15 is 0 Å². The van der Waals surface area contributed by atoms with Crippen molar-refractivity contribution >= 4 is 21.9 Å². The van der Waals surface area contributed by atoms with Crippen LogP contribution >= 0.6 is 15.9 Å². The Labute approximate surface area is 122 Å². The maximum Gasteiger partial charge on any atom is 0.339 e. The van der Waals surface area contributed by atoms with Crippen LogP contribution in [0.4, 0.5) is 0 Å². The largest absolute Gasteiger partial charge is 0.496 e. The van der Waals surface area contributed by atoms with Gasteiger partial charge in [0, 0.05) is 5.56 Å². The number of carbonyl (C=O) groups excluding carboxylic acids is 1. The number of methoxy groups -OCH3 is 2. The molecule has 19 heavy (non-hydrogen) atoms. The average Bonchev–Trinajstić information content (AvgIpc) is 2.34. The van der Waals surface area contributed by atoms with E-state index in [1.165, 1.54) is 7.11 Å². The van der Waals surface area contributed by atoms with Gasteiger partial charge in [0.2, 0.25) is 0 Å². The maximum absolute atomic E-state index is 11.9. The molecular formula is C14H19BrO4. The van der Waals surface area contributed by atoms with Gasteiger partial charge in [0.1, 0.15) is 5.75 Å². The minimum Gasteiger partial charge on any atom is -0.496 e. The van der Waals surface area contributed by atoms with Crippen molar-refractivity contribution in [3.8, 4) is 5.75 Å². The summed E-state index contributed by atoms with van der Waals surface area (Å²) in [6.07, 6.45) is -0.797. The molecule has 0 amide bonds. The summed E-state index contributed by atoms with van der Waals surface area (Å²) in [7, 11) is 2.91. The van der Waals surface area contributed by atoms with E-state index in [9.17, 15) is 4.79 Å². The maximum atomic E-state index is 11.9. The second-order valence-electron chi connectivity index (χ2n) is 5.00. The first-order chi connectivity index (χ1) is 8.80. The van der Waals surface area contributed by atoms with Gasteiger partial charge in [0.15, 0.2) is 6.10 Å². The number of rotatable bonds is 4. The molecule has 106 valence electrons. The van der Waals surface area contributed by atoms with E-state index in [4.69, 9.17) is 14.2 Å². The Balaban J connectivity index is 3.21. The highest BCUT2D eigenvalue weighted by molar-refractivity contribution is 9.10. The van der Waals surface area contributed by atoms with Gasteiger partial charge in [0.25, 0.3) is 0 Å². The third kappa shape index (κ3) is 4.21. The lowest BCUT2D eigenvalue weighted by Crippen LogP contribution is -2.28. The van der Waals surface area contributed by atoms with Crippen LogP contribution in [-0.4, -0.2) is 25.8 Å². The predicted molar refractivity (Wildman–Crippen MR) is 76.3 cm³/mol. The summed E-state index contributed by atoms with van der Waals surface area (Å²) in [5.41, 5.74) is 0.211. The predicted octanol–water partition coefficient (Wildman–Crippen LogP) is 3.49. The molecule has 1 atom stereocenters. The van der Waals surface area contributed by atoms with E-state index in [2.05, 4.69) is 15.9 Å². The molecule has 5 heteroatoms. The molecule has 0 aliphatic rings. The normalized spacial score (nSPS) is 12.9. The van der Waals surface area contributed by atoms with Gasteiger partial charge in [-0.15, -0.1) is 0 Å². The molecule has 0 saturated carbocycles. The van der Waals surface area contributed by atoms with E-state index in [1.54, 1.807) is 25.3 Å². The van der Waals surface area contributed by atoms with Gasteiger partial charge in [-0.2, -0.15) is 0 Å². The molecular weight excluding hydrogens is 312 g/mol. The summed E-state index contributed by atoms with van der Waals surface area (Å²) in [6, 6.07) is 5.42. The number of benzene rings is 1. The second-order valence-corrected chi connectivity index (χ2v) is 5.79. The molecule has 0 aromatic heterocycles. The molecule has 0 heterocycles. The zero-order valence-electron chi connectivity index (χ0n) is 11.8. The Hall–Kier alpha value is -1.07. The van der Waals surface area contributed by atoms with Crippen LogP contribution < -0.4 is 4.74 Å². The first-order valence-corrected chi connectivity index (χ1v) is 6.67. The fourth-order valence-corrected chi connectivity index (χ4v) is 2.22. The van der Waals surface area contributed by atoms with E-state index in [0.29, 0.717) is 15.8 Å². The van der Waals surface area contributed by atoms with Crippen LogP contribution in [0.2, 0.25) is 0 Å². The zero-order valence-corrected chi connectivity index (χ0v) is 13.4. The first kappa shape index (κ1) is 16.0. The SMILES string of the molecule is COC(=O)C(OC(C)(C)C)c1cccc(OC)c1Br. The minimum absolute atomic E-state index is 0.441. The van der Waals surface area contributed by atoms with Gasteiger partial charge in [-0.1, -0.05) is 12.1 Å². The molecule has 0 bridgehead atoms. The number of halogens is 1. The molecule has 0 radical (unpaired) electrons. The van der Waals surface area contributed by atoms with Crippen molar-refractivity contribution in [1.82, 2.24) is 0 Å². The van der Waals surface area contributed by atoms with Crippen molar-refractivity contribution in [2.24, 2.45) is 0 Å². The van der Waals surface area contributed by atoms with Gasteiger partial charge in [-0.3, -0.25) is 0 Å². The van der Waals surface area contributed by atoms with Crippen molar-refractivity contribution in [2.45, 2.75) is 32.5 Å². The van der Waals surface area contributed by atoms with Crippen molar-refractivity contribution in [3.63, 3.8) is 0 Å². The Morgan fingerprint density at radius 2 is 1.89 bits per heavy atom. The van der Waals surface area contributed by atoms with Crippen molar-refractivity contribution in [1.29, 1.82) is 0 Å². The number of hydrogen-bond acceptors (Lipinski definition) is 4. The summed E-state index contributed by atoms with van der Waals surface area (Å²) in [4.78, 5) is 11.9. The highest BCUT2D eigenvalue weighted by atomic mass is 79.9. The molecule has 0 aliphatic carbocycles. The van der Waals surface area contributed by atoms with Crippen LogP contribution in [0.15, 0.2) is 22.7 Å². The smallest absolute Gasteiger partial charge is 0.339 e. The Morgan fingerprint density at radius 1 is 1.26 bits per heavy atom. The quantitative estimate of drug-likeness (QED) is 0.793. The van der Waals surface area contributed by atoms with Gasteiger partial charge in [-0.05, 0) is 42.8 Å². The highest BCUT2D eigenvalue weighted by Crippen LogP contribution is 2.36. The van der Waals surface area contributed by atoms with Crippen LogP contribution in [-0.2, 0) is 14.3 Å². The minimum atomic E-state index is -0.797. The van der Waals surface area contributed by atoms with E-state index in [0.717, 1.165) is 0 Å². The Kier molecular flexibility index (Phi) is 5.38. The molecule has 0 saturated heterocycles. The lowest BCUT2D eigenvalue weighted by atomic mass is 10.1. The molecule has 0 aliphatic heterocycles. The van der Waals surface area contributed by atoms with Crippen LogP contribution in [0.5, 0.6) is 5.75 Å². The molecule has 1 rings (SSSR count). The van der Waals surface area contributed by atoms with Crippen molar-refractivity contribution < 1.29 is 19.0 Å². The van der Waals surface area contributed by atoms with E-state index in [-0.39, 0.29) is 0 Å². The van der Waals surface area contributed by atoms with Crippen molar-refractivity contribution in [2.75, 3.05) is 14.2 Å². The molecule has 0 fully saturated rings. The highest BCUT2D eigenvalue weighted by Gasteiger charge is 2.30. The Bertz CT molecular complexity index is 451. The molecule has 1 unspecified atom stereocenters. The molecule has 0 spiro atoms. The van der Waals surface area contributed by atoms with Crippen LogP contribution in [0.25, 0.3) is 0 Å². The molecule has 4 nitrogen and oxygen atoms in total. The fourth-order valence-electron chi connectivity index (χ4n) is 1.59. The van der Waals surface area contributed by atoms with Crippen LogP contribution in [0, 0.1) is 0 Å². The fraction of sp³-hybridized carbons (Fsp3) is 0.500. The summed E-state index contributed by atoms with van der Waals surface area (Å²) >= 11 is 3.43. The summed E-state index contributed by atoms with van der Waals surface area (Å²) in [5.74, 6) is 0.202. The molecule has 1 aromatic rings. The first-order valence-electron chi connectivity index (χ1n) is 5.88. The summed E-state index contributed by atoms with van der Waals surface area (Å²) in [5, 5.41) is 0. The topological polar surface area (TPSA) is 44.8 Å². The van der Waals surface area contributed by atoms with Gasteiger partial charge in [0.05, 0.1) is 24.3 Å². The zero-order chi connectivity index (χ0) is 14.6. The third-order valence-corrected chi connectivity index (χ3v) is 3.23. The number of ether oxygens (including phenoxy) is 3. The average molecular weight is 331 g/mol.